The summed E-state index contributed by atoms with van der Waals surface area (Å²) in [4.78, 5) is 2.26. The van der Waals surface area contributed by atoms with Gasteiger partial charge in [0.1, 0.15) is 5.60 Å². The van der Waals surface area contributed by atoms with Gasteiger partial charge in [-0.1, -0.05) is 68.4 Å². The van der Waals surface area contributed by atoms with Crippen molar-refractivity contribution in [3.8, 4) is 0 Å². The molecule has 1 aliphatic rings. The summed E-state index contributed by atoms with van der Waals surface area (Å²) in [5.41, 5.74) is 3.52. The van der Waals surface area contributed by atoms with Crippen molar-refractivity contribution in [2.45, 2.75) is 50.7 Å². The summed E-state index contributed by atoms with van der Waals surface area (Å²) in [5.74, 6) is 0. The van der Waals surface area contributed by atoms with Crippen LogP contribution in [0, 0.1) is 0 Å². The number of hydrogen-bond acceptors (Lipinski definition) is 2. The highest BCUT2D eigenvalue weighted by atomic mass is 16.5. The molecule has 3 rings (SSSR count). The average Bonchev–Trinajstić information content (AvgIpc) is 2.94. The molecule has 2 aromatic rings. The van der Waals surface area contributed by atoms with Crippen molar-refractivity contribution in [2.75, 3.05) is 20.6 Å². The van der Waals surface area contributed by atoms with Crippen LogP contribution < -0.4 is 0 Å². The Morgan fingerprint density at radius 1 is 0.840 bits per heavy atom. The van der Waals surface area contributed by atoms with E-state index in [1.165, 1.54) is 16.7 Å². The number of nitrogens with zero attached hydrogens (tertiary/aromatic N) is 1. The fourth-order valence-corrected chi connectivity index (χ4v) is 4.35. The van der Waals surface area contributed by atoms with Gasteiger partial charge in [0.15, 0.2) is 0 Å². The summed E-state index contributed by atoms with van der Waals surface area (Å²) in [7, 11) is 4.28. The van der Waals surface area contributed by atoms with Crippen LogP contribution in [0.25, 0.3) is 0 Å². The summed E-state index contributed by atoms with van der Waals surface area (Å²) < 4.78 is 7.05. The van der Waals surface area contributed by atoms with E-state index in [9.17, 15) is 0 Å². The maximum atomic E-state index is 7.05. The van der Waals surface area contributed by atoms with Gasteiger partial charge in [-0.05, 0) is 63.0 Å². The Bertz CT molecular complexity index is 690. The Morgan fingerprint density at radius 3 is 2.04 bits per heavy atom. The molecule has 2 nitrogen and oxygen atoms in total. The molecule has 0 saturated carbocycles. The van der Waals surface area contributed by atoms with Gasteiger partial charge in [-0.15, -0.1) is 0 Å². The Balaban J connectivity index is 2.12. The molecule has 0 unspecified atom stereocenters. The van der Waals surface area contributed by atoms with Gasteiger partial charge in [-0.25, -0.2) is 0 Å². The molecule has 0 fully saturated rings. The normalized spacial score (nSPS) is 21.5. The van der Waals surface area contributed by atoms with E-state index in [0.29, 0.717) is 0 Å². The minimum atomic E-state index is -0.333. The lowest BCUT2D eigenvalue weighted by Gasteiger charge is -2.36. The van der Waals surface area contributed by atoms with E-state index < -0.39 is 0 Å². The predicted octanol–water partition coefficient (Wildman–Crippen LogP) is 5.32. The van der Waals surface area contributed by atoms with Crippen LogP contribution in [0.4, 0.5) is 0 Å². The van der Waals surface area contributed by atoms with Gasteiger partial charge in [0.25, 0.3) is 0 Å². The van der Waals surface area contributed by atoms with Crippen LogP contribution in [0.5, 0.6) is 0 Å². The smallest absolute Gasteiger partial charge is 0.120 e. The summed E-state index contributed by atoms with van der Waals surface area (Å²) in [5, 5.41) is 0. The molecule has 1 heterocycles. The van der Waals surface area contributed by atoms with Gasteiger partial charge < -0.3 is 9.64 Å². The summed E-state index contributed by atoms with van der Waals surface area (Å²) in [6.07, 6.45) is 4.12. The second kappa shape index (κ2) is 7.31. The first-order valence-corrected chi connectivity index (χ1v) is 9.58. The highest BCUT2D eigenvalue weighted by Gasteiger charge is 2.51. The first-order chi connectivity index (χ1) is 12.1. The molecule has 0 aliphatic carbocycles. The third-order valence-corrected chi connectivity index (χ3v) is 5.74. The van der Waals surface area contributed by atoms with Crippen LogP contribution in [0.2, 0.25) is 0 Å². The minimum absolute atomic E-state index is 0.176. The number of ether oxygens (including phenoxy) is 1. The summed E-state index contributed by atoms with van der Waals surface area (Å²) in [6.45, 7) is 5.58. The van der Waals surface area contributed by atoms with E-state index >= 15 is 0 Å². The standard InChI is InChI=1S/C23H31NO/c1-5-22(6-2)20-15-10-11-16-21(20)23(25-22,17-12-18-24(3)4)19-13-8-7-9-14-19/h7-11,13-16H,5-6,12,17-18H2,1-4H3/t23-/m1/s1. The van der Waals surface area contributed by atoms with Gasteiger partial charge in [0, 0.05) is 0 Å². The maximum Gasteiger partial charge on any atom is 0.120 e. The van der Waals surface area contributed by atoms with Gasteiger partial charge in [0.05, 0.1) is 5.60 Å². The second-order valence-corrected chi connectivity index (χ2v) is 7.45. The third-order valence-electron chi connectivity index (χ3n) is 5.74. The molecule has 25 heavy (non-hydrogen) atoms. The van der Waals surface area contributed by atoms with Crippen molar-refractivity contribution in [3.63, 3.8) is 0 Å². The molecule has 134 valence electrons. The Morgan fingerprint density at radius 2 is 1.44 bits per heavy atom. The average molecular weight is 338 g/mol. The molecule has 0 bridgehead atoms. The quantitative estimate of drug-likeness (QED) is 0.678. The van der Waals surface area contributed by atoms with Crippen molar-refractivity contribution in [3.05, 3.63) is 71.3 Å². The molecule has 2 heteroatoms. The van der Waals surface area contributed by atoms with Gasteiger partial charge in [-0.2, -0.15) is 0 Å². The van der Waals surface area contributed by atoms with E-state index in [2.05, 4.69) is 87.4 Å². The molecule has 1 aliphatic heterocycles. The second-order valence-electron chi connectivity index (χ2n) is 7.45. The van der Waals surface area contributed by atoms with Crippen LogP contribution in [-0.2, 0) is 15.9 Å². The fraction of sp³-hybridized carbons (Fsp3) is 0.478. The van der Waals surface area contributed by atoms with Gasteiger partial charge in [0.2, 0.25) is 0 Å². The summed E-state index contributed by atoms with van der Waals surface area (Å²) >= 11 is 0. The lowest BCUT2D eigenvalue weighted by molar-refractivity contribution is -0.131. The Labute approximate surface area is 152 Å². The highest BCUT2D eigenvalue weighted by Crippen LogP contribution is 2.55. The van der Waals surface area contributed by atoms with E-state index in [1.54, 1.807) is 0 Å². The van der Waals surface area contributed by atoms with Crippen molar-refractivity contribution >= 4 is 0 Å². The minimum Gasteiger partial charge on any atom is -0.354 e. The number of benzene rings is 2. The van der Waals surface area contributed by atoms with E-state index in [4.69, 9.17) is 4.74 Å². The van der Waals surface area contributed by atoms with Crippen LogP contribution in [0.3, 0.4) is 0 Å². The molecule has 1 atom stereocenters. The fourth-order valence-electron chi connectivity index (χ4n) is 4.35. The number of hydrogen-bond donors (Lipinski definition) is 0. The zero-order valence-corrected chi connectivity index (χ0v) is 16.1. The zero-order valence-electron chi connectivity index (χ0n) is 16.1. The van der Waals surface area contributed by atoms with Crippen LogP contribution >= 0.6 is 0 Å². The maximum absolute atomic E-state index is 7.05. The zero-order chi connectivity index (χ0) is 17.9. The van der Waals surface area contributed by atoms with E-state index in [0.717, 1.165) is 32.2 Å². The van der Waals surface area contributed by atoms with E-state index in [1.807, 2.05) is 0 Å². The molecule has 2 aromatic carbocycles. The first-order valence-electron chi connectivity index (χ1n) is 9.58. The molecule has 0 radical (unpaired) electrons. The Kier molecular flexibility index (Phi) is 5.31. The molecule has 0 N–H and O–H groups in total. The third kappa shape index (κ3) is 3.14. The molecule has 0 aromatic heterocycles. The van der Waals surface area contributed by atoms with Crippen LogP contribution in [-0.4, -0.2) is 25.5 Å². The topological polar surface area (TPSA) is 12.5 Å². The van der Waals surface area contributed by atoms with Gasteiger partial charge >= 0.3 is 0 Å². The first kappa shape index (κ1) is 18.2. The van der Waals surface area contributed by atoms with Crippen molar-refractivity contribution in [1.29, 1.82) is 0 Å². The number of fused-ring (bicyclic) bond motifs is 1. The van der Waals surface area contributed by atoms with Crippen molar-refractivity contribution in [2.24, 2.45) is 0 Å². The largest absolute Gasteiger partial charge is 0.354 e. The highest BCUT2D eigenvalue weighted by molar-refractivity contribution is 5.48. The van der Waals surface area contributed by atoms with Crippen molar-refractivity contribution < 1.29 is 4.74 Å². The van der Waals surface area contributed by atoms with Crippen LogP contribution in [0.1, 0.15) is 56.2 Å². The predicted molar refractivity (Wildman–Crippen MR) is 105 cm³/mol. The molecule has 0 saturated heterocycles. The van der Waals surface area contributed by atoms with Crippen molar-refractivity contribution in [1.82, 2.24) is 4.90 Å². The Hall–Kier alpha value is -1.64. The summed E-state index contributed by atoms with van der Waals surface area (Å²) in [6, 6.07) is 19.7. The lowest BCUT2D eigenvalue weighted by Crippen LogP contribution is -2.33. The molecular formula is C23H31NO. The molecule has 0 spiro atoms. The molecule has 0 amide bonds. The van der Waals surface area contributed by atoms with Gasteiger partial charge in [-0.3, -0.25) is 0 Å². The lowest BCUT2D eigenvalue weighted by atomic mass is 9.80. The number of rotatable bonds is 7. The SMILES string of the molecule is CCC1(CC)O[C@](CCCN(C)C)(c2ccccc2)c2ccccc21. The van der Waals surface area contributed by atoms with E-state index in [-0.39, 0.29) is 11.2 Å². The monoisotopic (exact) mass is 337 g/mol. The molecular weight excluding hydrogens is 306 g/mol. The van der Waals surface area contributed by atoms with Crippen LogP contribution in [0.15, 0.2) is 54.6 Å².